The minimum Gasteiger partial charge on any atom is -0.338 e. The molecule has 0 bridgehead atoms. The Bertz CT molecular complexity index is 666. The van der Waals surface area contributed by atoms with Crippen LogP contribution in [0.2, 0.25) is 0 Å². The van der Waals surface area contributed by atoms with Gasteiger partial charge in [-0.1, -0.05) is 12.1 Å². The van der Waals surface area contributed by atoms with Crippen molar-refractivity contribution < 1.29 is 22.5 Å². The van der Waals surface area contributed by atoms with Crippen LogP contribution in [0.1, 0.15) is 37.5 Å². The van der Waals surface area contributed by atoms with Crippen molar-refractivity contribution in [2.45, 2.75) is 39.4 Å². The summed E-state index contributed by atoms with van der Waals surface area (Å²) in [5.74, 6) is -1.41. The van der Waals surface area contributed by atoms with Gasteiger partial charge in [-0.05, 0) is 25.5 Å². The normalized spacial score (nSPS) is 11.7. The van der Waals surface area contributed by atoms with E-state index in [0.717, 1.165) is 11.3 Å². The lowest BCUT2D eigenvalue weighted by molar-refractivity contribution is -0.159. The zero-order valence-electron chi connectivity index (χ0n) is 12.7. The molecule has 2 rings (SSSR count). The average molecular weight is 347 g/mol. The third-order valence-electron chi connectivity index (χ3n) is 3.10. The van der Waals surface area contributed by atoms with Crippen molar-refractivity contribution in [1.29, 1.82) is 0 Å². The molecule has 9 heteroatoms. The van der Waals surface area contributed by atoms with Crippen LogP contribution >= 0.6 is 11.3 Å². The number of aromatic nitrogens is 2. The number of thiophene rings is 1. The van der Waals surface area contributed by atoms with E-state index in [4.69, 9.17) is 0 Å². The van der Waals surface area contributed by atoms with Crippen LogP contribution in [0.25, 0.3) is 10.7 Å². The highest BCUT2D eigenvalue weighted by Gasteiger charge is 2.38. The maximum atomic E-state index is 12.5. The number of halogens is 3. The molecule has 1 amide bonds. The predicted molar refractivity (Wildman–Crippen MR) is 78.6 cm³/mol. The van der Waals surface area contributed by atoms with E-state index in [1.165, 1.54) is 11.3 Å². The van der Waals surface area contributed by atoms with E-state index in [-0.39, 0.29) is 11.7 Å². The van der Waals surface area contributed by atoms with Crippen molar-refractivity contribution in [2.75, 3.05) is 6.54 Å². The van der Waals surface area contributed by atoms with Crippen LogP contribution in [0, 0.1) is 0 Å². The molecule has 0 fully saturated rings. The van der Waals surface area contributed by atoms with Gasteiger partial charge in [-0.2, -0.15) is 18.2 Å². The Balaban J connectivity index is 2.11. The van der Waals surface area contributed by atoms with Crippen molar-refractivity contribution in [3.8, 4) is 10.7 Å². The molecule has 2 aromatic rings. The molecule has 0 atom stereocenters. The summed E-state index contributed by atoms with van der Waals surface area (Å²) in [6.45, 7) is 4.82. The van der Waals surface area contributed by atoms with Crippen molar-refractivity contribution in [3.63, 3.8) is 0 Å². The fourth-order valence-electron chi connectivity index (χ4n) is 1.96. The molecular weight excluding hydrogens is 331 g/mol. The molecule has 0 N–H and O–H groups in total. The molecule has 0 aliphatic rings. The highest BCUT2D eigenvalue weighted by molar-refractivity contribution is 7.15. The average Bonchev–Trinajstić information content (AvgIpc) is 3.13. The fourth-order valence-corrected chi connectivity index (χ4v) is 2.91. The third-order valence-corrected chi connectivity index (χ3v) is 4.16. The molecule has 0 aromatic carbocycles. The number of hydrogen-bond acceptors (Lipinski definition) is 5. The van der Waals surface area contributed by atoms with Crippen LogP contribution in [0.5, 0.6) is 0 Å². The van der Waals surface area contributed by atoms with Crippen molar-refractivity contribution in [2.24, 2.45) is 0 Å². The Labute approximate surface area is 135 Å². The Kier molecular flexibility index (Phi) is 5.40. The van der Waals surface area contributed by atoms with Gasteiger partial charge in [0.15, 0.2) is 0 Å². The van der Waals surface area contributed by atoms with Crippen LogP contribution < -0.4 is 0 Å². The maximum Gasteiger partial charge on any atom is 0.471 e. The van der Waals surface area contributed by atoms with Gasteiger partial charge in [-0.15, -0.1) is 11.3 Å². The Morgan fingerprint density at radius 3 is 2.65 bits per heavy atom. The van der Waals surface area contributed by atoms with E-state index < -0.39 is 12.1 Å². The second kappa shape index (κ2) is 7.12. The van der Waals surface area contributed by atoms with Gasteiger partial charge >= 0.3 is 12.1 Å². The molecule has 0 saturated heterocycles. The molecule has 0 aliphatic carbocycles. The first-order valence-corrected chi connectivity index (χ1v) is 7.94. The number of carbonyl (C=O) groups excluding carboxylic acids is 1. The molecule has 5 nitrogen and oxygen atoms in total. The van der Waals surface area contributed by atoms with Crippen molar-refractivity contribution in [1.82, 2.24) is 15.0 Å². The van der Waals surface area contributed by atoms with Crippen LogP contribution in [-0.2, 0) is 17.5 Å². The second-order valence-electron chi connectivity index (χ2n) is 4.84. The van der Waals surface area contributed by atoms with Gasteiger partial charge in [0.25, 0.3) is 0 Å². The van der Waals surface area contributed by atoms with Crippen LogP contribution in [0.3, 0.4) is 0 Å². The molecule has 0 saturated carbocycles. The fraction of sp³-hybridized carbons (Fsp3) is 0.500. The van der Waals surface area contributed by atoms with Crippen LogP contribution in [0.15, 0.2) is 16.7 Å². The molecule has 0 unspecified atom stereocenters. The van der Waals surface area contributed by atoms with Crippen molar-refractivity contribution >= 4 is 17.2 Å². The number of carbonyl (C=O) groups is 1. The van der Waals surface area contributed by atoms with E-state index in [9.17, 15) is 18.0 Å². The molecule has 0 spiro atoms. The second-order valence-corrected chi connectivity index (χ2v) is 6.01. The van der Waals surface area contributed by atoms with Gasteiger partial charge in [0, 0.05) is 17.8 Å². The summed E-state index contributed by atoms with van der Waals surface area (Å²) in [7, 11) is 0. The summed E-state index contributed by atoms with van der Waals surface area (Å²) in [5, 5.41) is 3.35. The van der Waals surface area contributed by atoms with Crippen LogP contribution in [-0.4, -0.2) is 27.5 Å². The lowest BCUT2D eigenvalue weighted by atomic mass is 10.3. The van der Waals surface area contributed by atoms with E-state index in [1.54, 1.807) is 17.0 Å². The zero-order valence-corrected chi connectivity index (χ0v) is 13.5. The SMILES string of the molecule is CCCC(=O)N(CC)Cc1ccc(-c2noc(C(F)(F)F)n2)s1. The van der Waals surface area contributed by atoms with Gasteiger partial charge < -0.3 is 9.42 Å². The first-order valence-electron chi connectivity index (χ1n) is 7.12. The summed E-state index contributed by atoms with van der Waals surface area (Å²) in [5.41, 5.74) is 0. The number of rotatable bonds is 6. The summed E-state index contributed by atoms with van der Waals surface area (Å²) in [6.07, 6.45) is -3.41. The van der Waals surface area contributed by atoms with E-state index >= 15 is 0 Å². The minimum absolute atomic E-state index is 0.0591. The predicted octanol–water partition coefficient (Wildman–Crippen LogP) is 3.97. The molecule has 0 radical (unpaired) electrons. The van der Waals surface area contributed by atoms with E-state index in [0.29, 0.717) is 24.4 Å². The smallest absolute Gasteiger partial charge is 0.338 e. The highest BCUT2D eigenvalue weighted by atomic mass is 32.1. The van der Waals surface area contributed by atoms with Crippen LogP contribution in [0.4, 0.5) is 13.2 Å². The first kappa shape index (κ1) is 17.5. The van der Waals surface area contributed by atoms with E-state index in [2.05, 4.69) is 14.7 Å². The van der Waals surface area contributed by atoms with Crippen molar-refractivity contribution in [3.05, 3.63) is 22.9 Å². The van der Waals surface area contributed by atoms with Gasteiger partial charge in [0.05, 0.1) is 11.4 Å². The largest absolute Gasteiger partial charge is 0.471 e. The molecule has 126 valence electrons. The zero-order chi connectivity index (χ0) is 17.0. The third kappa shape index (κ3) is 4.31. The van der Waals surface area contributed by atoms with Gasteiger partial charge in [0.1, 0.15) is 0 Å². The van der Waals surface area contributed by atoms with Gasteiger partial charge in [-0.25, -0.2) is 0 Å². The summed E-state index contributed by atoms with van der Waals surface area (Å²) >= 11 is 1.24. The number of alkyl halides is 3. The monoisotopic (exact) mass is 347 g/mol. The number of nitrogens with zero attached hydrogens (tertiary/aromatic N) is 3. The number of hydrogen-bond donors (Lipinski definition) is 0. The quantitative estimate of drug-likeness (QED) is 0.793. The first-order chi connectivity index (χ1) is 10.8. The lowest BCUT2D eigenvalue weighted by Crippen LogP contribution is -2.29. The molecule has 0 aliphatic heterocycles. The van der Waals surface area contributed by atoms with E-state index in [1.807, 2.05) is 13.8 Å². The van der Waals surface area contributed by atoms with Gasteiger partial charge in [0.2, 0.25) is 11.7 Å². The summed E-state index contributed by atoms with van der Waals surface area (Å²) < 4.78 is 41.6. The minimum atomic E-state index is -4.66. The molecular formula is C14H16F3N3O2S. The Morgan fingerprint density at radius 2 is 2.09 bits per heavy atom. The highest BCUT2D eigenvalue weighted by Crippen LogP contribution is 2.32. The topological polar surface area (TPSA) is 59.2 Å². The molecule has 2 aromatic heterocycles. The maximum absolute atomic E-state index is 12.5. The lowest BCUT2D eigenvalue weighted by Gasteiger charge is -2.19. The summed E-state index contributed by atoms with van der Waals surface area (Å²) in [4.78, 5) is 18.3. The standard InChI is InChI=1S/C14H16F3N3O2S/c1-3-5-11(21)20(4-2)8-9-6-7-10(23-9)12-18-13(22-19-12)14(15,16)17/h6-7H,3-5,8H2,1-2H3. The Hall–Kier alpha value is -1.90. The molecule has 23 heavy (non-hydrogen) atoms. The molecule has 2 heterocycles. The number of amides is 1. The Morgan fingerprint density at radius 1 is 1.35 bits per heavy atom. The summed E-state index contributed by atoms with van der Waals surface area (Å²) in [6, 6.07) is 3.38. The van der Waals surface area contributed by atoms with Gasteiger partial charge in [-0.3, -0.25) is 4.79 Å².